The van der Waals surface area contributed by atoms with Gasteiger partial charge in [0.2, 0.25) is 11.8 Å². The van der Waals surface area contributed by atoms with Gasteiger partial charge in [0.05, 0.1) is 19.2 Å². The Kier molecular flexibility index (Phi) is 7.23. The summed E-state index contributed by atoms with van der Waals surface area (Å²) in [6, 6.07) is 4.04. The van der Waals surface area contributed by atoms with Crippen molar-refractivity contribution >= 4 is 17.6 Å². The van der Waals surface area contributed by atoms with Gasteiger partial charge in [-0.05, 0) is 19.8 Å². The van der Waals surface area contributed by atoms with Crippen molar-refractivity contribution in [2.45, 2.75) is 51.0 Å². The molecule has 1 saturated carbocycles. The summed E-state index contributed by atoms with van der Waals surface area (Å²) in [5.41, 5.74) is -0.701. The van der Waals surface area contributed by atoms with E-state index in [1.165, 1.54) is 0 Å². The van der Waals surface area contributed by atoms with Crippen LogP contribution in [-0.2, 0) is 9.59 Å². The van der Waals surface area contributed by atoms with Crippen molar-refractivity contribution in [1.82, 2.24) is 20.3 Å². The van der Waals surface area contributed by atoms with Gasteiger partial charge in [0, 0.05) is 32.2 Å². The molecule has 0 radical (unpaired) electrons. The summed E-state index contributed by atoms with van der Waals surface area (Å²) in [5.74, 6) is 0.858. The SMILES string of the molecule is Cc1cc(NC(=O)CN2CCN(CC(=O)NC3(C#N)CCCCCC3)CC2)no1. The average Bonchev–Trinajstić information content (AvgIpc) is 2.96. The number of carbonyl (C=O) groups excluding carboxylic acids is 2. The van der Waals surface area contributed by atoms with Crippen molar-refractivity contribution in [3.8, 4) is 6.07 Å². The molecule has 1 aliphatic heterocycles. The van der Waals surface area contributed by atoms with Gasteiger partial charge in [-0.1, -0.05) is 30.8 Å². The molecule has 2 N–H and O–H groups in total. The number of nitrogens with one attached hydrogen (secondary N) is 2. The zero-order valence-electron chi connectivity index (χ0n) is 17.1. The van der Waals surface area contributed by atoms with Gasteiger partial charge in [-0.3, -0.25) is 19.4 Å². The van der Waals surface area contributed by atoms with Crippen LogP contribution in [0.2, 0.25) is 0 Å². The van der Waals surface area contributed by atoms with Crippen molar-refractivity contribution < 1.29 is 14.1 Å². The van der Waals surface area contributed by atoms with E-state index in [0.29, 0.717) is 44.3 Å². The monoisotopic (exact) mass is 402 g/mol. The lowest BCUT2D eigenvalue weighted by atomic mass is 9.92. The van der Waals surface area contributed by atoms with Crippen LogP contribution in [0.4, 0.5) is 5.82 Å². The Labute approximate surface area is 171 Å². The van der Waals surface area contributed by atoms with Gasteiger partial charge in [0.25, 0.3) is 0 Å². The maximum atomic E-state index is 12.5. The van der Waals surface area contributed by atoms with Crippen molar-refractivity contribution in [3.63, 3.8) is 0 Å². The molecule has 0 atom stereocenters. The Morgan fingerprint density at radius 1 is 1.10 bits per heavy atom. The first-order valence-corrected chi connectivity index (χ1v) is 10.4. The van der Waals surface area contributed by atoms with Gasteiger partial charge in [0.1, 0.15) is 11.3 Å². The molecule has 0 bridgehead atoms. The van der Waals surface area contributed by atoms with E-state index < -0.39 is 5.54 Å². The molecular formula is C20H30N6O3. The number of carbonyl (C=O) groups is 2. The lowest BCUT2D eigenvalue weighted by Crippen LogP contribution is -2.54. The fourth-order valence-corrected chi connectivity index (χ4v) is 4.02. The van der Waals surface area contributed by atoms with E-state index in [4.69, 9.17) is 4.52 Å². The fourth-order valence-electron chi connectivity index (χ4n) is 4.02. The molecule has 1 aromatic heterocycles. The second-order valence-electron chi connectivity index (χ2n) is 8.08. The second kappa shape index (κ2) is 9.85. The van der Waals surface area contributed by atoms with Crippen LogP contribution in [0, 0.1) is 18.3 Å². The summed E-state index contributed by atoms with van der Waals surface area (Å²) >= 11 is 0. The summed E-state index contributed by atoms with van der Waals surface area (Å²) in [6.45, 7) is 5.19. The molecule has 0 aromatic carbocycles. The van der Waals surface area contributed by atoms with E-state index in [9.17, 15) is 14.9 Å². The largest absolute Gasteiger partial charge is 0.360 e. The molecule has 2 aliphatic rings. The first-order valence-electron chi connectivity index (χ1n) is 10.4. The Morgan fingerprint density at radius 2 is 1.69 bits per heavy atom. The number of aromatic nitrogens is 1. The highest BCUT2D eigenvalue weighted by Gasteiger charge is 2.33. The number of anilines is 1. The number of nitrogens with zero attached hydrogens (tertiary/aromatic N) is 4. The van der Waals surface area contributed by atoms with Gasteiger partial charge in [0.15, 0.2) is 5.82 Å². The zero-order chi connectivity index (χ0) is 20.7. The molecule has 9 nitrogen and oxygen atoms in total. The van der Waals surface area contributed by atoms with Gasteiger partial charge in [-0.15, -0.1) is 0 Å². The predicted molar refractivity (Wildman–Crippen MR) is 107 cm³/mol. The van der Waals surface area contributed by atoms with E-state index in [0.717, 1.165) is 38.5 Å². The normalized spacial score (nSPS) is 20.4. The van der Waals surface area contributed by atoms with Crippen LogP contribution in [0.15, 0.2) is 10.6 Å². The molecule has 3 rings (SSSR count). The molecule has 1 saturated heterocycles. The smallest absolute Gasteiger partial charge is 0.239 e. The van der Waals surface area contributed by atoms with Crippen LogP contribution in [0.5, 0.6) is 0 Å². The average molecular weight is 402 g/mol. The summed E-state index contributed by atoms with van der Waals surface area (Å²) in [6.07, 6.45) is 5.72. The van der Waals surface area contributed by atoms with Crippen LogP contribution in [0.1, 0.15) is 44.3 Å². The molecule has 1 aromatic rings. The molecule has 29 heavy (non-hydrogen) atoms. The Balaban J connectivity index is 1.39. The second-order valence-corrected chi connectivity index (χ2v) is 8.08. The van der Waals surface area contributed by atoms with Gasteiger partial charge >= 0.3 is 0 Å². The molecule has 9 heteroatoms. The number of aryl methyl sites for hydroxylation is 1. The molecule has 2 fully saturated rings. The van der Waals surface area contributed by atoms with Crippen molar-refractivity contribution in [2.75, 3.05) is 44.6 Å². The third-order valence-corrected chi connectivity index (χ3v) is 5.64. The lowest BCUT2D eigenvalue weighted by Gasteiger charge is -2.34. The Hall–Kier alpha value is -2.44. The van der Waals surface area contributed by atoms with E-state index >= 15 is 0 Å². The highest BCUT2D eigenvalue weighted by atomic mass is 16.5. The minimum Gasteiger partial charge on any atom is -0.360 e. The summed E-state index contributed by atoms with van der Waals surface area (Å²) in [5, 5.41) is 19.1. The highest BCUT2D eigenvalue weighted by Crippen LogP contribution is 2.26. The van der Waals surface area contributed by atoms with Crippen LogP contribution in [0.3, 0.4) is 0 Å². The van der Waals surface area contributed by atoms with Crippen molar-refractivity contribution in [3.05, 3.63) is 11.8 Å². The predicted octanol–water partition coefficient (Wildman–Crippen LogP) is 1.27. The van der Waals surface area contributed by atoms with Crippen molar-refractivity contribution in [2.24, 2.45) is 0 Å². The molecule has 1 aliphatic carbocycles. The number of hydrogen-bond acceptors (Lipinski definition) is 7. The number of hydrogen-bond donors (Lipinski definition) is 2. The van der Waals surface area contributed by atoms with Gasteiger partial charge < -0.3 is 15.2 Å². The first kappa shape index (κ1) is 21.3. The number of rotatable bonds is 6. The standard InChI is InChI=1S/C20H30N6O3/c1-16-12-17(24-29-16)22-18(27)13-25-8-10-26(11-9-25)14-19(28)23-20(15-21)6-4-2-3-5-7-20/h12H,2-11,13-14H2,1H3,(H,23,28)(H,22,24,27). The third-order valence-electron chi connectivity index (χ3n) is 5.64. The van der Waals surface area contributed by atoms with Crippen LogP contribution >= 0.6 is 0 Å². The summed E-state index contributed by atoms with van der Waals surface area (Å²) < 4.78 is 4.94. The van der Waals surface area contributed by atoms with Gasteiger partial charge in [-0.25, -0.2) is 0 Å². The van der Waals surface area contributed by atoms with E-state index in [1.807, 2.05) is 0 Å². The summed E-state index contributed by atoms with van der Waals surface area (Å²) in [4.78, 5) is 28.8. The number of nitriles is 1. The highest BCUT2D eigenvalue weighted by molar-refractivity contribution is 5.91. The minimum atomic E-state index is -0.701. The number of piperazine rings is 1. The van der Waals surface area contributed by atoms with E-state index in [-0.39, 0.29) is 18.4 Å². The molecule has 0 spiro atoms. The molecule has 158 valence electrons. The van der Waals surface area contributed by atoms with E-state index in [2.05, 4.69) is 31.7 Å². The van der Waals surface area contributed by atoms with Crippen molar-refractivity contribution in [1.29, 1.82) is 5.26 Å². The zero-order valence-corrected chi connectivity index (χ0v) is 17.1. The van der Waals surface area contributed by atoms with Crippen LogP contribution in [-0.4, -0.2) is 71.6 Å². The quantitative estimate of drug-likeness (QED) is 0.689. The number of amides is 2. The summed E-state index contributed by atoms with van der Waals surface area (Å²) in [7, 11) is 0. The fraction of sp³-hybridized carbons (Fsp3) is 0.700. The van der Waals surface area contributed by atoms with Gasteiger partial charge in [-0.2, -0.15) is 5.26 Å². The molecule has 0 unspecified atom stereocenters. The molecule has 2 heterocycles. The van der Waals surface area contributed by atoms with E-state index in [1.54, 1.807) is 13.0 Å². The Morgan fingerprint density at radius 3 is 2.21 bits per heavy atom. The third kappa shape index (κ3) is 6.27. The maximum Gasteiger partial charge on any atom is 0.239 e. The first-order chi connectivity index (χ1) is 14.0. The Bertz CT molecular complexity index is 740. The van der Waals surface area contributed by atoms with Crippen LogP contribution in [0.25, 0.3) is 0 Å². The molecular weight excluding hydrogens is 372 g/mol. The lowest BCUT2D eigenvalue weighted by molar-refractivity contribution is -0.124. The minimum absolute atomic E-state index is 0.0824. The van der Waals surface area contributed by atoms with Crippen LogP contribution < -0.4 is 10.6 Å². The maximum absolute atomic E-state index is 12.5. The molecule has 2 amide bonds. The topological polar surface area (TPSA) is 114 Å².